The first kappa shape index (κ1) is 13.0. The minimum atomic E-state index is -3.69. The van der Waals surface area contributed by atoms with E-state index >= 15 is 0 Å². The van der Waals surface area contributed by atoms with Crippen LogP contribution in [0.25, 0.3) is 0 Å². The number of sulfone groups is 1. The molecule has 0 saturated carbocycles. The van der Waals surface area contributed by atoms with E-state index in [2.05, 4.69) is 0 Å². The molecule has 1 fully saturated rings. The fraction of sp³-hybridized carbons (Fsp3) is 0.778. The Balaban J connectivity index is 2.86. The van der Waals surface area contributed by atoms with Crippen LogP contribution in [-0.4, -0.2) is 54.4 Å². The fourth-order valence-electron chi connectivity index (χ4n) is 1.74. The predicted octanol–water partition coefficient (Wildman–Crippen LogP) is -0.505. The van der Waals surface area contributed by atoms with E-state index in [0.717, 1.165) is 0 Å². The Labute approximate surface area is 94.2 Å². The van der Waals surface area contributed by atoms with Gasteiger partial charge in [-0.3, -0.25) is 9.59 Å². The highest BCUT2D eigenvalue weighted by atomic mass is 32.2. The van der Waals surface area contributed by atoms with Crippen LogP contribution in [-0.2, 0) is 19.4 Å². The standard InChI is InChI=1S/C9H15NO5S/c1-6(5-8(11)12)16(14,15)7-3-4-10(2)9(7)13/h6-7H,3-5H2,1-2H3,(H,11,12). The maximum atomic E-state index is 11.9. The molecule has 1 amide bonds. The quantitative estimate of drug-likeness (QED) is 0.725. The number of aliphatic carboxylic acids is 1. The number of carbonyl (C=O) groups is 2. The molecule has 1 heterocycles. The van der Waals surface area contributed by atoms with Crippen LogP contribution in [0.2, 0.25) is 0 Å². The molecule has 7 heteroatoms. The van der Waals surface area contributed by atoms with Gasteiger partial charge in [0.05, 0.1) is 11.7 Å². The zero-order chi connectivity index (χ0) is 12.5. The van der Waals surface area contributed by atoms with Crippen LogP contribution < -0.4 is 0 Å². The summed E-state index contributed by atoms with van der Waals surface area (Å²) in [6.45, 7) is 1.73. The topological polar surface area (TPSA) is 91.8 Å². The molecule has 92 valence electrons. The summed E-state index contributed by atoms with van der Waals surface area (Å²) in [7, 11) is -2.15. The average molecular weight is 249 g/mol. The van der Waals surface area contributed by atoms with E-state index in [4.69, 9.17) is 5.11 Å². The second kappa shape index (κ2) is 4.40. The van der Waals surface area contributed by atoms with E-state index in [1.165, 1.54) is 11.8 Å². The minimum Gasteiger partial charge on any atom is -0.481 e. The summed E-state index contributed by atoms with van der Waals surface area (Å²) in [6.07, 6.45) is -0.211. The van der Waals surface area contributed by atoms with Gasteiger partial charge >= 0.3 is 5.97 Å². The fourth-order valence-corrected chi connectivity index (χ4v) is 3.57. The normalized spacial score (nSPS) is 23.5. The van der Waals surface area contributed by atoms with E-state index in [0.29, 0.717) is 6.54 Å². The SMILES string of the molecule is CC(CC(=O)O)S(=O)(=O)C1CCN(C)C1=O. The molecular weight excluding hydrogens is 234 g/mol. The second-order valence-corrected chi connectivity index (χ2v) is 6.59. The molecule has 0 aromatic rings. The maximum absolute atomic E-state index is 11.9. The Hall–Kier alpha value is -1.11. The largest absolute Gasteiger partial charge is 0.481 e. The number of carboxylic acids is 1. The van der Waals surface area contributed by atoms with Crippen molar-refractivity contribution in [3.63, 3.8) is 0 Å². The van der Waals surface area contributed by atoms with Gasteiger partial charge in [0.25, 0.3) is 0 Å². The first-order valence-corrected chi connectivity index (χ1v) is 6.57. The third-order valence-corrected chi connectivity index (χ3v) is 5.32. The van der Waals surface area contributed by atoms with Gasteiger partial charge in [-0.05, 0) is 13.3 Å². The molecule has 1 rings (SSSR count). The molecule has 1 aliphatic rings. The third kappa shape index (κ3) is 2.34. The lowest BCUT2D eigenvalue weighted by molar-refractivity contribution is -0.137. The number of carbonyl (C=O) groups excluding carboxylic acids is 1. The van der Waals surface area contributed by atoms with Gasteiger partial charge < -0.3 is 10.0 Å². The number of amides is 1. The molecule has 0 aromatic heterocycles. The number of hydrogen-bond acceptors (Lipinski definition) is 4. The number of hydrogen-bond donors (Lipinski definition) is 1. The summed E-state index contributed by atoms with van der Waals surface area (Å²) < 4.78 is 23.8. The van der Waals surface area contributed by atoms with E-state index in [9.17, 15) is 18.0 Å². The van der Waals surface area contributed by atoms with Crippen molar-refractivity contribution in [1.29, 1.82) is 0 Å². The van der Waals surface area contributed by atoms with Gasteiger partial charge in [0, 0.05) is 13.6 Å². The van der Waals surface area contributed by atoms with Crippen LogP contribution in [0.5, 0.6) is 0 Å². The van der Waals surface area contributed by atoms with E-state index in [1.807, 2.05) is 0 Å². The zero-order valence-electron chi connectivity index (χ0n) is 9.21. The molecule has 0 aliphatic carbocycles. The molecular formula is C9H15NO5S. The molecule has 0 bridgehead atoms. The summed E-state index contributed by atoms with van der Waals surface area (Å²) in [4.78, 5) is 23.4. The predicted molar refractivity (Wildman–Crippen MR) is 56.7 cm³/mol. The third-order valence-electron chi connectivity index (χ3n) is 2.80. The Morgan fingerprint density at radius 3 is 2.56 bits per heavy atom. The van der Waals surface area contributed by atoms with Crippen molar-refractivity contribution in [2.45, 2.75) is 30.3 Å². The molecule has 0 aromatic carbocycles. The van der Waals surface area contributed by atoms with E-state index < -0.39 is 38.6 Å². The van der Waals surface area contributed by atoms with E-state index in [1.54, 1.807) is 7.05 Å². The summed E-state index contributed by atoms with van der Waals surface area (Å²) in [6, 6.07) is 0. The summed E-state index contributed by atoms with van der Waals surface area (Å²) >= 11 is 0. The summed E-state index contributed by atoms with van der Waals surface area (Å²) in [5.74, 6) is -1.60. The summed E-state index contributed by atoms with van der Waals surface area (Å²) in [5, 5.41) is 6.46. The monoisotopic (exact) mass is 249 g/mol. The van der Waals surface area contributed by atoms with Crippen molar-refractivity contribution in [3.05, 3.63) is 0 Å². The molecule has 2 atom stereocenters. The lowest BCUT2D eigenvalue weighted by atomic mass is 10.3. The van der Waals surface area contributed by atoms with Crippen LogP contribution in [0, 0.1) is 0 Å². The van der Waals surface area contributed by atoms with Crippen LogP contribution in [0.1, 0.15) is 19.8 Å². The smallest absolute Gasteiger partial charge is 0.304 e. The number of likely N-dealkylation sites (tertiary alicyclic amines) is 1. The van der Waals surface area contributed by atoms with E-state index in [-0.39, 0.29) is 6.42 Å². The Bertz CT molecular complexity index is 402. The molecule has 0 spiro atoms. The molecule has 1 N–H and O–H groups in total. The minimum absolute atomic E-state index is 0.252. The Morgan fingerprint density at radius 2 is 2.19 bits per heavy atom. The highest BCUT2D eigenvalue weighted by molar-refractivity contribution is 7.93. The van der Waals surface area contributed by atoms with Gasteiger partial charge in [0.15, 0.2) is 9.84 Å². The summed E-state index contributed by atoms with van der Waals surface area (Å²) in [5.41, 5.74) is 0. The van der Waals surface area contributed by atoms with Crippen molar-refractivity contribution in [2.75, 3.05) is 13.6 Å². The van der Waals surface area contributed by atoms with Crippen LogP contribution in [0.3, 0.4) is 0 Å². The van der Waals surface area contributed by atoms with Crippen molar-refractivity contribution < 1.29 is 23.1 Å². The first-order chi connectivity index (χ1) is 7.26. The number of carboxylic acid groups (broad SMARTS) is 1. The first-order valence-electron chi connectivity index (χ1n) is 4.96. The second-order valence-electron chi connectivity index (χ2n) is 4.03. The molecule has 0 radical (unpaired) electrons. The molecule has 1 aliphatic heterocycles. The van der Waals surface area contributed by atoms with Crippen molar-refractivity contribution in [1.82, 2.24) is 4.90 Å². The van der Waals surface area contributed by atoms with Crippen LogP contribution in [0.15, 0.2) is 0 Å². The van der Waals surface area contributed by atoms with Gasteiger partial charge in [0.2, 0.25) is 5.91 Å². The molecule has 16 heavy (non-hydrogen) atoms. The zero-order valence-corrected chi connectivity index (χ0v) is 10.0. The molecule has 1 saturated heterocycles. The Morgan fingerprint density at radius 1 is 1.62 bits per heavy atom. The highest BCUT2D eigenvalue weighted by Crippen LogP contribution is 2.22. The maximum Gasteiger partial charge on any atom is 0.304 e. The Kier molecular flexibility index (Phi) is 3.57. The molecule has 2 unspecified atom stereocenters. The van der Waals surface area contributed by atoms with Gasteiger partial charge in [-0.2, -0.15) is 0 Å². The van der Waals surface area contributed by atoms with Gasteiger partial charge in [-0.15, -0.1) is 0 Å². The average Bonchev–Trinajstić information content (AvgIpc) is 2.46. The van der Waals surface area contributed by atoms with Crippen molar-refractivity contribution in [2.24, 2.45) is 0 Å². The number of rotatable bonds is 4. The number of nitrogens with zero attached hydrogens (tertiary/aromatic N) is 1. The van der Waals surface area contributed by atoms with Gasteiger partial charge in [0.1, 0.15) is 5.25 Å². The highest BCUT2D eigenvalue weighted by Gasteiger charge is 2.42. The van der Waals surface area contributed by atoms with Crippen LogP contribution in [0.4, 0.5) is 0 Å². The lowest BCUT2D eigenvalue weighted by Gasteiger charge is -2.15. The van der Waals surface area contributed by atoms with Crippen LogP contribution >= 0.6 is 0 Å². The van der Waals surface area contributed by atoms with Gasteiger partial charge in [-0.25, -0.2) is 8.42 Å². The lowest BCUT2D eigenvalue weighted by Crippen LogP contribution is -2.37. The molecule has 6 nitrogen and oxygen atoms in total. The van der Waals surface area contributed by atoms with Crippen molar-refractivity contribution in [3.8, 4) is 0 Å². The van der Waals surface area contributed by atoms with Crippen molar-refractivity contribution >= 4 is 21.7 Å². The van der Waals surface area contributed by atoms with Gasteiger partial charge in [-0.1, -0.05) is 0 Å².